The van der Waals surface area contributed by atoms with E-state index in [0.29, 0.717) is 17.9 Å². The van der Waals surface area contributed by atoms with E-state index < -0.39 is 12.1 Å². The van der Waals surface area contributed by atoms with Crippen molar-refractivity contribution < 1.29 is 14.6 Å². The molecular formula is C13H21BrClNO3. The van der Waals surface area contributed by atoms with E-state index in [1.54, 1.807) is 26.4 Å². The molecule has 19 heavy (non-hydrogen) atoms. The minimum atomic E-state index is -0.565. The molecule has 0 heterocycles. The molecule has 0 fully saturated rings. The first-order chi connectivity index (χ1) is 8.54. The van der Waals surface area contributed by atoms with E-state index >= 15 is 0 Å². The van der Waals surface area contributed by atoms with Crippen molar-refractivity contribution in [3.8, 4) is 11.5 Å². The fourth-order valence-corrected chi connectivity index (χ4v) is 2.39. The molecule has 0 unspecified atom stereocenters. The van der Waals surface area contributed by atoms with Gasteiger partial charge in [-0.25, -0.2) is 0 Å². The number of aliphatic hydroxyl groups excluding tert-OH is 1. The zero-order valence-corrected chi connectivity index (χ0v) is 13.8. The Bertz CT molecular complexity index is 404. The van der Waals surface area contributed by atoms with Gasteiger partial charge in [0.1, 0.15) is 0 Å². The Hall–Kier alpha value is -0.490. The molecule has 3 N–H and O–H groups in total. The molecular weight excluding hydrogens is 334 g/mol. The van der Waals surface area contributed by atoms with Gasteiger partial charge >= 0.3 is 0 Å². The Labute approximate surface area is 128 Å². The van der Waals surface area contributed by atoms with Crippen molar-refractivity contribution in [3.05, 3.63) is 22.2 Å². The Morgan fingerprint density at radius 2 is 1.79 bits per heavy atom. The number of benzene rings is 1. The molecule has 0 saturated heterocycles. The number of rotatable bonds is 6. The minimum absolute atomic E-state index is 0. The van der Waals surface area contributed by atoms with Crippen LogP contribution >= 0.6 is 28.3 Å². The van der Waals surface area contributed by atoms with Gasteiger partial charge in [0.15, 0.2) is 11.5 Å². The second kappa shape index (κ2) is 8.64. The molecule has 110 valence electrons. The zero-order chi connectivity index (χ0) is 13.7. The lowest BCUT2D eigenvalue weighted by Gasteiger charge is -2.21. The summed E-state index contributed by atoms with van der Waals surface area (Å²) < 4.78 is 11.2. The second-order valence-corrected chi connectivity index (χ2v) is 4.96. The van der Waals surface area contributed by atoms with Crippen LogP contribution in [-0.4, -0.2) is 25.4 Å². The third-order valence-electron chi connectivity index (χ3n) is 2.86. The Balaban J connectivity index is 0.00000324. The third-order valence-corrected chi connectivity index (χ3v) is 3.55. The van der Waals surface area contributed by atoms with Crippen LogP contribution in [0.5, 0.6) is 11.5 Å². The average molecular weight is 355 g/mol. The summed E-state index contributed by atoms with van der Waals surface area (Å²) in [4.78, 5) is 0. The molecule has 1 aromatic rings. The second-order valence-electron chi connectivity index (χ2n) is 4.11. The van der Waals surface area contributed by atoms with Gasteiger partial charge in [-0.05, 0) is 24.1 Å². The molecule has 0 bridgehead atoms. The number of hydrogen-bond acceptors (Lipinski definition) is 4. The number of halogens is 2. The monoisotopic (exact) mass is 353 g/mol. The molecule has 0 saturated carbocycles. The predicted octanol–water partition coefficient (Wildman–Crippen LogP) is 3.05. The normalized spacial score (nSPS) is 13.4. The fourth-order valence-electron chi connectivity index (χ4n) is 1.81. The molecule has 2 atom stereocenters. The van der Waals surface area contributed by atoms with Crippen molar-refractivity contribution in [1.29, 1.82) is 0 Å². The van der Waals surface area contributed by atoms with Crippen molar-refractivity contribution >= 4 is 28.3 Å². The van der Waals surface area contributed by atoms with Gasteiger partial charge in [-0.3, -0.25) is 0 Å². The molecule has 0 aromatic heterocycles. The summed E-state index contributed by atoms with van der Waals surface area (Å²) >= 11 is 3.44. The van der Waals surface area contributed by atoms with E-state index in [2.05, 4.69) is 15.9 Å². The highest BCUT2D eigenvalue weighted by Crippen LogP contribution is 2.36. The summed E-state index contributed by atoms with van der Waals surface area (Å²) in [7, 11) is 3.15. The summed E-state index contributed by atoms with van der Waals surface area (Å²) in [5.41, 5.74) is 6.88. The van der Waals surface area contributed by atoms with Crippen molar-refractivity contribution in [3.63, 3.8) is 0 Å². The van der Waals surface area contributed by atoms with E-state index in [4.69, 9.17) is 15.2 Å². The molecule has 0 amide bonds. The van der Waals surface area contributed by atoms with E-state index in [-0.39, 0.29) is 12.4 Å². The van der Waals surface area contributed by atoms with E-state index in [9.17, 15) is 5.11 Å². The van der Waals surface area contributed by atoms with E-state index in [1.165, 1.54) is 0 Å². The van der Waals surface area contributed by atoms with Crippen molar-refractivity contribution in [2.45, 2.75) is 31.9 Å². The number of nitrogens with two attached hydrogens (primary N) is 1. The van der Waals surface area contributed by atoms with Crippen molar-refractivity contribution in [2.24, 2.45) is 5.73 Å². The van der Waals surface area contributed by atoms with E-state index in [0.717, 1.165) is 16.5 Å². The van der Waals surface area contributed by atoms with Crippen LogP contribution in [0, 0.1) is 0 Å². The largest absolute Gasteiger partial charge is 0.493 e. The summed E-state index contributed by atoms with van der Waals surface area (Å²) in [6.45, 7) is 2.01. The van der Waals surface area contributed by atoms with Gasteiger partial charge in [-0.2, -0.15) is 0 Å². The van der Waals surface area contributed by atoms with Crippen LogP contribution in [-0.2, 0) is 0 Å². The summed E-state index contributed by atoms with van der Waals surface area (Å²) in [6, 6.07) is 3.15. The first-order valence-electron chi connectivity index (χ1n) is 5.90. The van der Waals surface area contributed by atoms with Gasteiger partial charge < -0.3 is 20.3 Å². The fraction of sp³-hybridized carbons (Fsp3) is 0.538. The predicted molar refractivity (Wildman–Crippen MR) is 82.3 cm³/mol. The van der Waals surface area contributed by atoms with Crippen LogP contribution in [0.1, 0.15) is 31.4 Å². The highest BCUT2D eigenvalue weighted by molar-refractivity contribution is 9.10. The number of aliphatic hydroxyl groups is 1. The lowest BCUT2D eigenvalue weighted by atomic mass is 9.99. The van der Waals surface area contributed by atoms with Crippen LogP contribution in [0.25, 0.3) is 0 Å². The smallest absolute Gasteiger partial charge is 0.161 e. The van der Waals surface area contributed by atoms with Crippen LogP contribution in [0.4, 0.5) is 0 Å². The summed E-state index contributed by atoms with van der Waals surface area (Å²) in [5, 5.41) is 9.97. The molecule has 0 aliphatic carbocycles. The first-order valence-corrected chi connectivity index (χ1v) is 6.69. The van der Waals surface area contributed by atoms with Crippen molar-refractivity contribution in [1.82, 2.24) is 0 Å². The maximum Gasteiger partial charge on any atom is 0.161 e. The molecule has 1 rings (SSSR count). The molecule has 4 nitrogen and oxygen atoms in total. The average Bonchev–Trinajstić information content (AvgIpc) is 2.37. The van der Waals surface area contributed by atoms with Crippen LogP contribution < -0.4 is 15.2 Å². The zero-order valence-electron chi connectivity index (χ0n) is 11.4. The minimum Gasteiger partial charge on any atom is -0.493 e. The highest BCUT2D eigenvalue weighted by Gasteiger charge is 2.20. The van der Waals surface area contributed by atoms with Crippen molar-refractivity contribution in [2.75, 3.05) is 14.2 Å². The molecule has 0 radical (unpaired) electrons. The lowest BCUT2D eigenvalue weighted by Crippen LogP contribution is -2.26. The molecule has 1 aromatic carbocycles. The quantitative estimate of drug-likeness (QED) is 0.824. The number of ether oxygens (including phenoxy) is 2. The highest BCUT2D eigenvalue weighted by atomic mass is 79.9. The third kappa shape index (κ3) is 4.53. The van der Waals surface area contributed by atoms with Gasteiger partial charge in [0.2, 0.25) is 0 Å². The molecule has 0 aliphatic heterocycles. The summed E-state index contributed by atoms with van der Waals surface area (Å²) in [6.07, 6.45) is 0.992. The van der Waals surface area contributed by atoms with E-state index in [1.807, 2.05) is 6.92 Å². The van der Waals surface area contributed by atoms with Gasteiger partial charge in [0.25, 0.3) is 0 Å². The SMILES string of the molecule is CCC[C@H](O)[C@H](N)c1cc(OC)c(OC)cc1Br.Cl. The maximum atomic E-state index is 9.97. The topological polar surface area (TPSA) is 64.7 Å². The van der Waals surface area contributed by atoms with Gasteiger partial charge in [0, 0.05) is 4.47 Å². The van der Waals surface area contributed by atoms with Gasteiger partial charge in [0.05, 0.1) is 26.4 Å². The maximum absolute atomic E-state index is 9.97. The van der Waals surface area contributed by atoms with Gasteiger partial charge in [-0.1, -0.05) is 29.3 Å². The van der Waals surface area contributed by atoms with Crippen LogP contribution in [0.2, 0.25) is 0 Å². The van der Waals surface area contributed by atoms with Crippen LogP contribution in [0.15, 0.2) is 16.6 Å². The number of methoxy groups -OCH3 is 2. The Morgan fingerprint density at radius 1 is 1.26 bits per heavy atom. The molecule has 0 spiro atoms. The van der Waals surface area contributed by atoms with Crippen LogP contribution in [0.3, 0.4) is 0 Å². The Morgan fingerprint density at radius 3 is 2.26 bits per heavy atom. The lowest BCUT2D eigenvalue weighted by molar-refractivity contribution is 0.134. The first kappa shape index (κ1) is 18.5. The summed E-state index contributed by atoms with van der Waals surface area (Å²) in [5.74, 6) is 1.24. The molecule has 6 heteroatoms. The number of hydrogen-bond donors (Lipinski definition) is 2. The standard InChI is InChI=1S/C13H20BrNO3.ClH/c1-4-5-10(16)13(15)8-6-11(17-2)12(18-3)7-9(8)14;/h6-7,10,13,16H,4-5,15H2,1-3H3;1H/t10-,13+;/m0./s1. The Kier molecular flexibility index (Phi) is 8.41. The van der Waals surface area contributed by atoms with Gasteiger partial charge in [-0.15, -0.1) is 12.4 Å². The molecule has 0 aliphatic rings.